The van der Waals surface area contributed by atoms with Crippen LogP contribution in [0, 0.1) is 0 Å². The van der Waals surface area contributed by atoms with Gasteiger partial charge in [-0.2, -0.15) is 13.2 Å². The zero-order valence-electron chi connectivity index (χ0n) is 13.4. The van der Waals surface area contributed by atoms with Gasteiger partial charge in [0.2, 0.25) is 0 Å². The second-order valence-electron chi connectivity index (χ2n) is 5.95. The van der Waals surface area contributed by atoms with Crippen LogP contribution in [0.15, 0.2) is 41.8 Å². The number of halogens is 3. The van der Waals surface area contributed by atoms with Gasteiger partial charge in [-0.25, -0.2) is 18.1 Å². The molecule has 10 heteroatoms. The Hall–Kier alpha value is -2.07. The standard InChI is InChI=1S/C15H17F3N4O2S/c1-21-9-14(19-10-21)25(23,24)20-11-6-7-22(8-11)13-5-3-2-4-12(13)15(16,17)18/h2-5,9-11,20H,6-8H2,1H3. The Bertz CT molecular complexity index is 864. The van der Waals surface area contributed by atoms with Crippen LogP contribution >= 0.6 is 0 Å². The van der Waals surface area contributed by atoms with Gasteiger partial charge >= 0.3 is 6.18 Å². The molecule has 136 valence electrons. The molecule has 1 fully saturated rings. The van der Waals surface area contributed by atoms with Gasteiger partial charge in [0.05, 0.1) is 11.9 Å². The molecule has 0 amide bonds. The number of sulfonamides is 1. The zero-order chi connectivity index (χ0) is 18.2. The van der Waals surface area contributed by atoms with Gasteiger partial charge in [0.25, 0.3) is 10.0 Å². The molecule has 1 aliphatic heterocycles. The van der Waals surface area contributed by atoms with E-state index >= 15 is 0 Å². The lowest BCUT2D eigenvalue weighted by molar-refractivity contribution is -0.137. The zero-order valence-corrected chi connectivity index (χ0v) is 14.2. The summed E-state index contributed by atoms with van der Waals surface area (Å²) in [5.41, 5.74) is -0.655. The number of para-hydroxylation sites is 1. The average molecular weight is 374 g/mol. The van der Waals surface area contributed by atoms with Crippen LogP contribution in [0.2, 0.25) is 0 Å². The third-order valence-electron chi connectivity index (χ3n) is 4.02. The number of anilines is 1. The maximum Gasteiger partial charge on any atom is 0.418 e. The molecule has 1 aromatic heterocycles. The lowest BCUT2D eigenvalue weighted by Gasteiger charge is -2.23. The summed E-state index contributed by atoms with van der Waals surface area (Å²) < 4.78 is 68.0. The predicted octanol–water partition coefficient (Wildman–Crippen LogP) is 2.00. The lowest BCUT2D eigenvalue weighted by Crippen LogP contribution is -2.37. The van der Waals surface area contributed by atoms with Crippen LogP contribution in [0.25, 0.3) is 0 Å². The van der Waals surface area contributed by atoms with Crippen molar-refractivity contribution in [3.8, 4) is 0 Å². The maximum absolute atomic E-state index is 13.1. The average Bonchev–Trinajstić information content (AvgIpc) is 3.15. The van der Waals surface area contributed by atoms with E-state index in [1.165, 1.54) is 35.3 Å². The number of benzene rings is 1. The summed E-state index contributed by atoms with van der Waals surface area (Å²) >= 11 is 0. The van der Waals surface area contributed by atoms with Gasteiger partial charge in [0, 0.05) is 38.1 Å². The minimum atomic E-state index is -4.46. The minimum Gasteiger partial charge on any atom is -0.369 e. The molecule has 25 heavy (non-hydrogen) atoms. The molecule has 0 spiro atoms. The smallest absolute Gasteiger partial charge is 0.369 e. The van der Waals surface area contributed by atoms with Crippen LogP contribution in [0.5, 0.6) is 0 Å². The predicted molar refractivity (Wildman–Crippen MR) is 85.6 cm³/mol. The fourth-order valence-corrected chi connectivity index (χ4v) is 4.11. The minimum absolute atomic E-state index is 0.0644. The number of rotatable bonds is 4. The van der Waals surface area contributed by atoms with E-state index in [4.69, 9.17) is 0 Å². The van der Waals surface area contributed by atoms with Gasteiger partial charge in [0.1, 0.15) is 0 Å². The Labute approximate surface area is 143 Å². The van der Waals surface area contributed by atoms with Gasteiger partial charge < -0.3 is 9.47 Å². The molecule has 0 bridgehead atoms. The summed E-state index contributed by atoms with van der Waals surface area (Å²) in [7, 11) is -2.15. The van der Waals surface area contributed by atoms with E-state index in [0.29, 0.717) is 13.0 Å². The summed E-state index contributed by atoms with van der Waals surface area (Å²) in [6.07, 6.45) is -1.30. The normalized spacial score (nSPS) is 18.7. The Morgan fingerprint density at radius 2 is 2.00 bits per heavy atom. The van der Waals surface area contributed by atoms with Crippen molar-refractivity contribution < 1.29 is 21.6 Å². The maximum atomic E-state index is 13.1. The molecule has 6 nitrogen and oxygen atoms in total. The van der Waals surface area contributed by atoms with Crippen LogP contribution in [-0.2, 0) is 23.2 Å². The number of hydrogen-bond donors (Lipinski definition) is 1. The van der Waals surface area contributed by atoms with Gasteiger partial charge in [-0.3, -0.25) is 0 Å². The Morgan fingerprint density at radius 1 is 1.28 bits per heavy atom. The first-order chi connectivity index (χ1) is 11.7. The van der Waals surface area contributed by atoms with Gasteiger partial charge in [-0.15, -0.1) is 0 Å². The van der Waals surface area contributed by atoms with E-state index in [0.717, 1.165) is 6.07 Å². The van der Waals surface area contributed by atoms with Crippen molar-refractivity contribution in [2.24, 2.45) is 7.05 Å². The van der Waals surface area contributed by atoms with E-state index in [-0.39, 0.29) is 17.3 Å². The number of aryl methyl sites for hydroxylation is 1. The SMILES string of the molecule is Cn1cnc(S(=O)(=O)NC2CCN(c3ccccc3C(F)(F)F)C2)c1. The summed E-state index contributed by atoms with van der Waals surface area (Å²) in [5.74, 6) is 0. The highest BCUT2D eigenvalue weighted by Gasteiger charge is 2.36. The summed E-state index contributed by atoms with van der Waals surface area (Å²) in [5, 5.41) is -0.107. The van der Waals surface area contributed by atoms with Gasteiger partial charge in [-0.1, -0.05) is 12.1 Å². The molecule has 2 heterocycles. The molecule has 0 saturated carbocycles. The largest absolute Gasteiger partial charge is 0.418 e. The number of alkyl halides is 3. The number of nitrogens with one attached hydrogen (secondary N) is 1. The Balaban J connectivity index is 1.75. The van der Waals surface area contributed by atoms with Crippen molar-refractivity contribution in [1.82, 2.24) is 14.3 Å². The first kappa shape index (κ1) is 17.7. The fourth-order valence-electron chi connectivity index (χ4n) is 2.87. The summed E-state index contributed by atoms with van der Waals surface area (Å²) in [4.78, 5) is 5.35. The van der Waals surface area contributed by atoms with E-state index in [1.807, 2.05) is 0 Å². The van der Waals surface area contributed by atoms with Crippen LogP contribution in [0.4, 0.5) is 18.9 Å². The highest BCUT2D eigenvalue weighted by molar-refractivity contribution is 7.89. The number of imidazole rings is 1. The van der Waals surface area contributed by atoms with Crippen LogP contribution < -0.4 is 9.62 Å². The first-order valence-electron chi connectivity index (χ1n) is 7.58. The van der Waals surface area contributed by atoms with E-state index < -0.39 is 27.8 Å². The van der Waals surface area contributed by atoms with Crippen molar-refractivity contribution in [1.29, 1.82) is 0 Å². The lowest BCUT2D eigenvalue weighted by atomic mass is 10.1. The van der Waals surface area contributed by atoms with Crippen molar-refractivity contribution in [3.05, 3.63) is 42.4 Å². The first-order valence-corrected chi connectivity index (χ1v) is 9.06. The number of aromatic nitrogens is 2. The number of nitrogens with zero attached hydrogens (tertiary/aromatic N) is 3. The quantitative estimate of drug-likeness (QED) is 0.889. The molecule has 0 aliphatic carbocycles. The molecule has 1 N–H and O–H groups in total. The third-order valence-corrected chi connectivity index (χ3v) is 5.42. The molecular weight excluding hydrogens is 357 g/mol. The number of hydrogen-bond acceptors (Lipinski definition) is 4. The van der Waals surface area contributed by atoms with Crippen molar-refractivity contribution in [3.63, 3.8) is 0 Å². The van der Waals surface area contributed by atoms with Crippen LogP contribution in [0.1, 0.15) is 12.0 Å². The van der Waals surface area contributed by atoms with Gasteiger partial charge in [0.15, 0.2) is 5.03 Å². The summed E-state index contributed by atoms with van der Waals surface area (Å²) in [6.45, 7) is 0.502. The van der Waals surface area contributed by atoms with Crippen LogP contribution in [-0.4, -0.2) is 37.1 Å². The van der Waals surface area contributed by atoms with E-state index in [2.05, 4.69) is 9.71 Å². The van der Waals surface area contributed by atoms with Crippen molar-refractivity contribution in [2.75, 3.05) is 18.0 Å². The molecule has 0 radical (unpaired) electrons. The highest BCUT2D eigenvalue weighted by Crippen LogP contribution is 2.37. The second-order valence-corrected chi connectivity index (χ2v) is 7.61. The van der Waals surface area contributed by atoms with Gasteiger partial charge in [-0.05, 0) is 18.6 Å². The molecule has 3 rings (SSSR count). The fraction of sp³-hybridized carbons (Fsp3) is 0.400. The third kappa shape index (κ3) is 3.79. The second kappa shape index (κ2) is 6.34. The van der Waals surface area contributed by atoms with E-state index in [1.54, 1.807) is 11.9 Å². The molecule has 1 atom stereocenters. The molecule has 2 aromatic rings. The van der Waals surface area contributed by atoms with Crippen LogP contribution in [0.3, 0.4) is 0 Å². The topological polar surface area (TPSA) is 67.2 Å². The van der Waals surface area contributed by atoms with Crippen molar-refractivity contribution in [2.45, 2.75) is 23.7 Å². The molecule has 1 saturated heterocycles. The molecule has 1 aliphatic rings. The Morgan fingerprint density at radius 3 is 2.64 bits per heavy atom. The summed E-state index contributed by atoms with van der Waals surface area (Å²) in [6, 6.07) is 4.83. The highest BCUT2D eigenvalue weighted by atomic mass is 32.2. The molecular formula is C15H17F3N4O2S. The van der Waals surface area contributed by atoms with E-state index in [9.17, 15) is 21.6 Å². The molecule has 1 unspecified atom stereocenters. The Kier molecular flexibility index (Phi) is 4.50. The van der Waals surface area contributed by atoms with Crippen molar-refractivity contribution >= 4 is 15.7 Å². The monoisotopic (exact) mass is 374 g/mol. The molecule has 1 aromatic carbocycles.